The number of alkyl halides is 3. The van der Waals surface area contributed by atoms with E-state index in [9.17, 15) is 27.9 Å². The highest BCUT2D eigenvalue weighted by Crippen LogP contribution is 2.31. The van der Waals surface area contributed by atoms with Gasteiger partial charge in [0.25, 0.3) is 5.91 Å². The zero-order valence-electron chi connectivity index (χ0n) is 18.8. The quantitative estimate of drug-likeness (QED) is 0.391. The van der Waals surface area contributed by atoms with Crippen LogP contribution in [-0.4, -0.2) is 47.3 Å². The van der Waals surface area contributed by atoms with Crippen LogP contribution in [0.15, 0.2) is 49.2 Å². The first kappa shape index (κ1) is 26.5. The van der Waals surface area contributed by atoms with Crippen LogP contribution in [0.1, 0.15) is 36.3 Å². The molecule has 1 amide bonds. The van der Waals surface area contributed by atoms with E-state index < -0.39 is 47.6 Å². The molecule has 2 aromatic rings. The summed E-state index contributed by atoms with van der Waals surface area (Å²) in [6.45, 7) is 6.53. The standard InChI is InChI=1S/C23H25F3N2O6/c1-5-6-17(34-16-9-7-15(8-10-16)23(24,25)26)14(3)33-22(31)13(2)28-21(30)19-20(29)18(32-4)11-12-27-19/h5,7-14,17,29H,1,6H2,2-4H3,(H,28,30)/t13-,14-,17+/m0/s1. The molecule has 0 bridgehead atoms. The number of amides is 1. The Labute approximate surface area is 194 Å². The Morgan fingerprint density at radius 2 is 1.85 bits per heavy atom. The lowest BCUT2D eigenvalue weighted by Gasteiger charge is -2.26. The van der Waals surface area contributed by atoms with Crippen LogP contribution in [0, 0.1) is 0 Å². The molecule has 0 spiro atoms. The number of carbonyl (C=O) groups excluding carboxylic acids is 2. The Bertz CT molecular complexity index is 1010. The Morgan fingerprint density at radius 1 is 1.21 bits per heavy atom. The molecule has 0 fully saturated rings. The number of nitrogens with one attached hydrogen (secondary N) is 1. The number of hydrogen-bond donors (Lipinski definition) is 2. The van der Waals surface area contributed by atoms with Crippen molar-refractivity contribution >= 4 is 11.9 Å². The number of esters is 1. The van der Waals surface area contributed by atoms with E-state index in [-0.39, 0.29) is 23.6 Å². The van der Waals surface area contributed by atoms with Crippen molar-refractivity contribution in [2.24, 2.45) is 0 Å². The molecule has 0 aliphatic heterocycles. The van der Waals surface area contributed by atoms with Gasteiger partial charge in [-0.1, -0.05) is 6.08 Å². The smallest absolute Gasteiger partial charge is 0.416 e. The lowest BCUT2D eigenvalue weighted by molar-refractivity contribution is -0.154. The SMILES string of the molecule is C=CC[C@@H](Oc1ccc(C(F)(F)F)cc1)[C@H](C)OC(=O)[C@H](C)NC(=O)c1nccc(OC)c1O. The number of ether oxygens (including phenoxy) is 3. The zero-order valence-corrected chi connectivity index (χ0v) is 18.8. The highest BCUT2D eigenvalue weighted by Gasteiger charge is 2.31. The van der Waals surface area contributed by atoms with Crippen LogP contribution in [-0.2, 0) is 15.7 Å². The fraction of sp³-hybridized carbons (Fsp3) is 0.348. The Morgan fingerprint density at radius 3 is 2.41 bits per heavy atom. The molecular weight excluding hydrogens is 457 g/mol. The molecule has 184 valence electrons. The van der Waals surface area contributed by atoms with Crippen LogP contribution in [0.3, 0.4) is 0 Å². The van der Waals surface area contributed by atoms with E-state index >= 15 is 0 Å². The van der Waals surface area contributed by atoms with Gasteiger partial charge in [0.2, 0.25) is 0 Å². The summed E-state index contributed by atoms with van der Waals surface area (Å²) in [5, 5.41) is 12.4. The summed E-state index contributed by atoms with van der Waals surface area (Å²) >= 11 is 0. The van der Waals surface area contributed by atoms with Crippen LogP contribution in [0.2, 0.25) is 0 Å². The first-order chi connectivity index (χ1) is 16.0. The van der Waals surface area contributed by atoms with Gasteiger partial charge >= 0.3 is 12.1 Å². The molecule has 2 N–H and O–H groups in total. The normalized spacial score (nSPS) is 13.8. The predicted molar refractivity (Wildman–Crippen MR) is 116 cm³/mol. The fourth-order valence-corrected chi connectivity index (χ4v) is 2.85. The maximum atomic E-state index is 12.7. The molecule has 1 aromatic heterocycles. The molecule has 2 rings (SSSR count). The van der Waals surface area contributed by atoms with E-state index in [2.05, 4.69) is 16.9 Å². The Balaban J connectivity index is 2.02. The monoisotopic (exact) mass is 482 g/mol. The van der Waals surface area contributed by atoms with Gasteiger partial charge in [-0.05, 0) is 38.1 Å². The number of hydrogen-bond acceptors (Lipinski definition) is 7. The summed E-state index contributed by atoms with van der Waals surface area (Å²) in [6, 6.07) is 4.36. The second-order valence-electron chi connectivity index (χ2n) is 7.25. The van der Waals surface area contributed by atoms with Crippen LogP contribution in [0.4, 0.5) is 13.2 Å². The highest BCUT2D eigenvalue weighted by atomic mass is 19.4. The summed E-state index contributed by atoms with van der Waals surface area (Å²) < 4.78 is 54.2. The third kappa shape index (κ3) is 6.87. The summed E-state index contributed by atoms with van der Waals surface area (Å²) in [5.41, 5.74) is -1.15. The molecule has 8 nitrogen and oxygen atoms in total. The summed E-state index contributed by atoms with van der Waals surface area (Å²) in [6.07, 6.45) is -3.05. The number of aromatic nitrogens is 1. The van der Waals surface area contributed by atoms with Crippen LogP contribution in [0.25, 0.3) is 0 Å². The van der Waals surface area contributed by atoms with Crippen molar-refractivity contribution in [2.45, 2.75) is 44.7 Å². The first-order valence-corrected chi connectivity index (χ1v) is 10.2. The topological polar surface area (TPSA) is 107 Å². The third-order valence-corrected chi connectivity index (χ3v) is 4.72. The van der Waals surface area contributed by atoms with Gasteiger partial charge in [-0.15, -0.1) is 6.58 Å². The fourth-order valence-electron chi connectivity index (χ4n) is 2.85. The number of nitrogens with zero attached hydrogens (tertiary/aromatic N) is 1. The minimum Gasteiger partial charge on any atom is -0.503 e. The van der Waals surface area contributed by atoms with Crippen molar-refractivity contribution in [1.82, 2.24) is 10.3 Å². The molecule has 11 heteroatoms. The first-order valence-electron chi connectivity index (χ1n) is 10.2. The second kappa shape index (κ2) is 11.4. The van der Waals surface area contributed by atoms with Gasteiger partial charge in [-0.3, -0.25) is 4.79 Å². The summed E-state index contributed by atoms with van der Waals surface area (Å²) in [4.78, 5) is 28.7. The van der Waals surface area contributed by atoms with Crippen molar-refractivity contribution in [3.8, 4) is 17.2 Å². The van der Waals surface area contributed by atoms with E-state index in [0.717, 1.165) is 12.1 Å². The van der Waals surface area contributed by atoms with Gasteiger partial charge < -0.3 is 24.6 Å². The van der Waals surface area contributed by atoms with Crippen molar-refractivity contribution < 1.29 is 42.1 Å². The average Bonchev–Trinajstić information content (AvgIpc) is 2.78. The predicted octanol–water partition coefficient (Wildman–Crippen LogP) is 3.89. The van der Waals surface area contributed by atoms with E-state index in [0.29, 0.717) is 0 Å². The number of halogens is 3. The van der Waals surface area contributed by atoms with Gasteiger partial charge in [0.05, 0.1) is 12.7 Å². The molecule has 0 radical (unpaired) electrons. The van der Waals surface area contributed by atoms with Crippen LogP contribution < -0.4 is 14.8 Å². The molecule has 1 aromatic carbocycles. The molecule has 0 aliphatic rings. The van der Waals surface area contributed by atoms with Crippen LogP contribution in [0.5, 0.6) is 17.2 Å². The number of benzene rings is 1. The molecule has 0 unspecified atom stereocenters. The maximum Gasteiger partial charge on any atom is 0.416 e. The largest absolute Gasteiger partial charge is 0.503 e. The molecule has 3 atom stereocenters. The van der Waals surface area contributed by atoms with Crippen molar-refractivity contribution in [3.63, 3.8) is 0 Å². The Hall–Kier alpha value is -3.76. The van der Waals surface area contributed by atoms with E-state index in [4.69, 9.17) is 14.2 Å². The molecule has 0 saturated heterocycles. The number of pyridine rings is 1. The van der Waals surface area contributed by atoms with Crippen molar-refractivity contribution in [2.75, 3.05) is 7.11 Å². The van der Waals surface area contributed by atoms with Gasteiger partial charge in [0.15, 0.2) is 17.2 Å². The lowest BCUT2D eigenvalue weighted by Crippen LogP contribution is -2.43. The molecule has 0 saturated carbocycles. The van der Waals surface area contributed by atoms with Gasteiger partial charge in [-0.2, -0.15) is 13.2 Å². The van der Waals surface area contributed by atoms with Crippen molar-refractivity contribution in [3.05, 3.63) is 60.4 Å². The number of rotatable bonds is 10. The molecule has 0 aliphatic carbocycles. The van der Waals surface area contributed by atoms with E-state index in [1.807, 2.05) is 0 Å². The third-order valence-electron chi connectivity index (χ3n) is 4.72. The lowest BCUT2D eigenvalue weighted by atomic mass is 10.1. The second-order valence-corrected chi connectivity index (χ2v) is 7.25. The van der Waals surface area contributed by atoms with Crippen LogP contribution >= 0.6 is 0 Å². The minimum absolute atomic E-state index is 0.0386. The average molecular weight is 482 g/mol. The van der Waals surface area contributed by atoms with E-state index in [1.54, 1.807) is 6.92 Å². The number of aromatic hydroxyl groups is 1. The van der Waals surface area contributed by atoms with E-state index in [1.165, 1.54) is 44.5 Å². The van der Waals surface area contributed by atoms with Gasteiger partial charge in [-0.25, -0.2) is 9.78 Å². The summed E-state index contributed by atoms with van der Waals surface area (Å²) in [5.74, 6) is -1.90. The van der Waals surface area contributed by atoms with Gasteiger partial charge in [0, 0.05) is 18.7 Å². The number of carbonyl (C=O) groups is 2. The minimum atomic E-state index is -4.47. The zero-order chi connectivity index (χ0) is 25.5. The summed E-state index contributed by atoms with van der Waals surface area (Å²) in [7, 11) is 1.31. The molecular formula is C23H25F3N2O6. The maximum absolute atomic E-state index is 12.7. The number of methoxy groups -OCH3 is 1. The molecule has 1 heterocycles. The Kier molecular flexibility index (Phi) is 8.88. The molecule has 34 heavy (non-hydrogen) atoms. The highest BCUT2D eigenvalue weighted by molar-refractivity contribution is 5.97. The van der Waals surface area contributed by atoms with Crippen molar-refractivity contribution in [1.29, 1.82) is 0 Å². The van der Waals surface area contributed by atoms with Gasteiger partial charge in [0.1, 0.15) is 24.0 Å².